The molecule has 0 aliphatic heterocycles. The van der Waals surface area contributed by atoms with E-state index in [0.29, 0.717) is 39.3 Å². The van der Waals surface area contributed by atoms with Crippen molar-refractivity contribution in [2.75, 3.05) is 26.4 Å². The third-order valence-corrected chi connectivity index (χ3v) is 9.42. The van der Waals surface area contributed by atoms with Crippen molar-refractivity contribution in [1.29, 1.82) is 0 Å². The van der Waals surface area contributed by atoms with Gasteiger partial charge in [-0.2, -0.15) is 0 Å². The van der Waals surface area contributed by atoms with E-state index < -0.39 is 12.2 Å². The van der Waals surface area contributed by atoms with Gasteiger partial charge in [0.2, 0.25) is 0 Å². The average Bonchev–Trinajstić information content (AvgIpc) is 3.52. The molecule has 0 fully saturated rings. The van der Waals surface area contributed by atoms with Crippen LogP contribution in [0.2, 0.25) is 0 Å². The first-order valence-electron chi connectivity index (χ1n) is 19.9. The zero-order valence-electron chi connectivity index (χ0n) is 33.4. The van der Waals surface area contributed by atoms with E-state index >= 15 is 0 Å². The van der Waals surface area contributed by atoms with Crippen LogP contribution in [-0.4, -0.2) is 62.8 Å². The molecule has 2 atom stereocenters. The van der Waals surface area contributed by atoms with E-state index in [1.54, 1.807) is 0 Å². The number of rotatable bonds is 22. The van der Waals surface area contributed by atoms with Crippen LogP contribution in [0.5, 0.6) is 11.5 Å². The summed E-state index contributed by atoms with van der Waals surface area (Å²) in [6.07, 6.45) is 4.05. The fourth-order valence-corrected chi connectivity index (χ4v) is 6.87. The number of carbonyl (C=O) groups excluding carboxylic acids is 2. The second-order valence-corrected chi connectivity index (χ2v) is 14.6. The van der Waals surface area contributed by atoms with Crippen molar-refractivity contribution >= 4 is 11.9 Å². The zero-order chi connectivity index (χ0) is 39.2. The average molecular weight is 751 g/mol. The minimum absolute atomic E-state index is 0.174. The normalized spacial score (nSPS) is 12.9. The summed E-state index contributed by atoms with van der Waals surface area (Å²) >= 11 is 0. The molecule has 0 N–H and O–H groups in total. The first kappa shape index (κ1) is 41.5. The van der Waals surface area contributed by atoms with E-state index in [4.69, 9.17) is 28.4 Å². The number of esters is 2. The standard InChI is InChI=1S/C47H58O8/c1-7-50-44(46(48)54-32(3)4)29-36-13-19-40(20-14-36)52-25-9-11-34-17-23-42-38(27-34)31-39-28-35(18-24-43(39)42)12-10-26-53-41-21-15-37(16-22-41)30-45(51-8-2)47(49)55-33(5)6/h13-24,27-28,32-33,44-45H,7-12,25-26,29-31H2,1-6H3/t44-,45?/m0/s1. The largest absolute Gasteiger partial charge is 0.494 e. The number of hydrogen-bond acceptors (Lipinski definition) is 8. The van der Waals surface area contributed by atoms with Crippen LogP contribution in [0.15, 0.2) is 84.9 Å². The van der Waals surface area contributed by atoms with Crippen molar-refractivity contribution in [3.8, 4) is 22.6 Å². The van der Waals surface area contributed by atoms with Crippen molar-refractivity contribution < 1.29 is 38.0 Å². The van der Waals surface area contributed by atoms with Gasteiger partial charge in [-0.3, -0.25) is 0 Å². The molecule has 8 heteroatoms. The number of fused-ring (bicyclic) bond motifs is 3. The van der Waals surface area contributed by atoms with Crippen molar-refractivity contribution in [1.82, 2.24) is 0 Å². The molecular weight excluding hydrogens is 693 g/mol. The van der Waals surface area contributed by atoms with E-state index in [1.807, 2.05) is 90.1 Å². The Kier molecular flexibility index (Phi) is 15.7. The molecule has 0 spiro atoms. The number of hydrogen-bond donors (Lipinski definition) is 0. The molecule has 8 nitrogen and oxygen atoms in total. The molecule has 0 amide bonds. The van der Waals surface area contributed by atoms with Crippen molar-refractivity contribution in [2.45, 2.75) is 111 Å². The highest BCUT2D eigenvalue weighted by molar-refractivity contribution is 5.77. The lowest BCUT2D eigenvalue weighted by atomic mass is 10.00. The van der Waals surface area contributed by atoms with Crippen LogP contribution < -0.4 is 9.47 Å². The summed E-state index contributed by atoms with van der Waals surface area (Å²) in [6, 6.07) is 29.5. The van der Waals surface area contributed by atoms with Crippen LogP contribution in [0.25, 0.3) is 11.1 Å². The van der Waals surface area contributed by atoms with E-state index in [2.05, 4.69) is 36.4 Å². The van der Waals surface area contributed by atoms with Crippen LogP contribution in [0.4, 0.5) is 0 Å². The summed E-state index contributed by atoms with van der Waals surface area (Å²) in [5, 5.41) is 0. The van der Waals surface area contributed by atoms with Gasteiger partial charge in [0.15, 0.2) is 12.2 Å². The molecule has 55 heavy (non-hydrogen) atoms. The van der Waals surface area contributed by atoms with Crippen molar-refractivity contribution in [3.05, 3.63) is 118 Å². The Hall–Kier alpha value is -4.66. The van der Waals surface area contributed by atoms with Gasteiger partial charge in [0.1, 0.15) is 11.5 Å². The third kappa shape index (κ3) is 12.7. The van der Waals surface area contributed by atoms with Gasteiger partial charge < -0.3 is 28.4 Å². The highest BCUT2D eigenvalue weighted by Gasteiger charge is 2.23. The van der Waals surface area contributed by atoms with Gasteiger partial charge in [-0.05, 0) is 142 Å². The fourth-order valence-electron chi connectivity index (χ4n) is 6.87. The van der Waals surface area contributed by atoms with E-state index in [0.717, 1.165) is 54.7 Å². The van der Waals surface area contributed by atoms with Gasteiger partial charge in [-0.1, -0.05) is 60.7 Å². The molecule has 294 valence electrons. The van der Waals surface area contributed by atoms with Crippen molar-refractivity contribution in [2.24, 2.45) is 0 Å². The van der Waals surface area contributed by atoms with Crippen LogP contribution in [0, 0.1) is 0 Å². The maximum atomic E-state index is 12.4. The Morgan fingerprint density at radius 2 is 0.927 bits per heavy atom. The molecular formula is C47H58O8. The van der Waals surface area contributed by atoms with Gasteiger partial charge in [0.05, 0.1) is 25.4 Å². The molecule has 0 saturated carbocycles. The van der Waals surface area contributed by atoms with Gasteiger partial charge in [-0.15, -0.1) is 0 Å². The zero-order valence-corrected chi connectivity index (χ0v) is 33.4. The second kappa shape index (κ2) is 20.9. The predicted octanol–water partition coefficient (Wildman–Crippen LogP) is 9.08. The molecule has 5 rings (SSSR count). The molecule has 1 aliphatic carbocycles. The first-order chi connectivity index (χ1) is 26.6. The van der Waals surface area contributed by atoms with E-state index in [-0.39, 0.29) is 24.1 Å². The Morgan fingerprint density at radius 1 is 0.545 bits per heavy atom. The lowest BCUT2D eigenvalue weighted by molar-refractivity contribution is -0.161. The van der Waals surface area contributed by atoms with Gasteiger partial charge in [0, 0.05) is 26.1 Å². The van der Waals surface area contributed by atoms with Crippen molar-refractivity contribution in [3.63, 3.8) is 0 Å². The first-order valence-corrected chi connectivity index (χ1v) is 19.9. The summed E-state index contributed by atoms with van der Waals surface area (Å²) in [5.74, 6) is 0.982. The minimum atomic E-state index is -0.610. The maximum Gasteiger partial charge on any atom is 0.335 e. The van der Waals surface area contributed by atoms with Gasteiger partial charge >= 0.3 is 11.9 Å². The molecule has 0 saturated heterocycles. The van der Waals surface area contributed by atoms with Gasteiger partial charge in [0.25, 0.3) is 0 Å². The maximum absolute atomic E-state index is 12.4. The third-order valence-electron chi connectivity index (χ3n) is 9.42. The molecule has 0 heterocycles. The molecule has 4 aromatic rings. The molecule has 0 aromatic heterocycles. The Labute approximate surface area is 327 Å². The lowest BCUT2D eigenvalue weighted by Crippen LogP contribution is -2.30. The molecule has 0 bridgehead atoms. The summed E-state index contributed by atoms with van der Waals surface area (Å²) in [6.45, 7) is 13.3. The van der Waals surface area contributed by atoms with E-state index in [9.17, 15) is 9.59 Å². The summed E-state index contributed by atoms with van der Waals surface area (Å²) < 4.78 is 34.1. The van der Waals surface area contributed by atoms with Crippen LogP contribution in [0.1, 0.15) is 87.8 Å². The number of aryl methyl sites for hydroxylation is 2. The molecule has 0 radical (unpaired) electrons. The van der Waals surface area contributed by atoms with Gasteiger partial charge in [-0.25, -0.2) is 9.59 Å². The summed E-state index contributed by atoms with van der Waals surface area (Å²) in [4.78, 5) is 24.8. The van der Waals surface area contributed by atoms with Crippen LogP contribution in [0.3, 0.4) is 0 Å². The SMILES string of the molecule is CCOC(Cc1ccc(OCCCc2ccc3c(c2)Cc2cc(CCCOc4ccc(C[C@H](OCC)C(=O)OC(C)C)cc4)ccc2-3)cc1)C(=O)OC(C)C. The van der Waals surface area contributed by atoms with Crippen LogP contribution >= 0.6 is 0 Å². The quantitative estimate of drug-likeness (QED) is 0.0512. The molecule has 1 unspecified atom stereocenters. The Balaban J connectivity index is 1.02. The lowest BCUT2D eigenvalue weighted by Gasteiger charge is -2.18. The highest BCUT2D eigenvalue weighted by Crippen LogP contribution is 2.38. The summed E-state index contributed by atoms with van der Waals surface area (Å²) in [7, 11) is 0. The number of benzene rings is 4. The Morgan fingerprint density at radius 3 is 1.29 bits per heavy atom. The fraction of sp³-hybridized carbons (Fsp3) is 0.447. The molecule has 4 aromatic carbocycles. The number of ether oxygens (including phenoxy) is 6. The predicted molar refractivity (Wildman–Crippen MR) is 216 cm³/mol. The number of carbonyl (C=O) groups is 2. The minimum Gasteiger partial charge on any atom is -0.494 e. The topological polar surface area (TPSA) is 89.5 Å². The second-order valence-electron chi connectivity index (χ2n) is 14.6. The summed E-state index contributed by atoms with van der Waals surface area (Å²) in [5.41, 5.74) is 10.1. The smallest absolute Gasteiger partial charge is 0.335 e. The highest BCUT2D eigenvalue weighted by atomic mass is 16.6. The monoisotopic (exact) mass is 750 g/mol. The molecule has 1 aliphatic rings. The van der Waals surface area contributed by atoms with E-state index in [1.165, 1.54) is 33.4 Å². The Bertz CT molecular complexity index is 1680. The van der Waals surface area contributed by atoms with Crippen LogP contribution in [-0.2, 0) is 60.6 Å².